The molecule has 0 bridgehead atoms. The van der Waals surface area contributed by atoms with Gasteiger partial charge in [0.05, 0.1) is 36.1 Å². The largest absolute Gasteiger partial charge is 0.497 e. The molecule has 1 N–H and O–H groups in total. The molecule has 0 aliphatic heterocycles. The van der Waals surface area contributed by atoms with Crippen LogP contribution in [0.1, 0.15) is 16.2 Å². The lowest BCUT2D eigenvalue weighted by atomic mass is 10.2. The molecule has 164 valence electrons. The molecule has 0 radical (unpaired) electrons. The standard InChI is InChI=1S/C20H12F5N5O2/c1-32-11-3-5-15-14(7-11)28-19(20(23,24)25)30(15)17-9-26-16(8-27-17)29-18(31)12-4-2-10(21)6-13(12)22/h2-9H,1H3,(H,26,29,31). The zero-order valence-corrected chi connectivity index (χ0v) is 16.1. The predicted molar refractivity (Wildman–Crippen MR) is 103 cm³/mol. The number of halogens is 5. The summed E-state index contributed by atoms with van der Waals surface area (Å²) >= 11 is 0. The second kappa shape index (κ2) is 7.87. The van der Waals surface area contributed by atoms with Crippen LogP contribution in [0.15, 0.2) is 48.8 Å². The maximum Gasteiger partial charge on any atom is 0.450 e. The first-order valence-corrected chi connectivity index (χ1v) is 8.90. The zero-order valence-electron chi connectivity index (χ0n) is 16.1. The van der Waals surface area contributed by atoms with E-state index in [1.54, 1.807) is 0 Å². The van der Waals surface area contributed by atoms with E-state index in [-0.39, 0.29) is 22.7 Å². The van der Waals surface area contributed by atoms with E-state index in [1.165, 1.54) is 25.3 Å². The van der Waals surface area contributed by atoms with Crippen LogP contribution in [0.4, 0.5) is 27.8 Å². The van der Waals surface area contributed by atoms with E-state index in [0.717, 1.165) is 29.1 Å². The number of rotatable bonds is 4. The number of amides is 1. The van der Waals surface area contributed by atoms with Crippen LogP contribution in [-0.2, 0) is 6.18 Å². The van der Waals surface area contributed by atoms with Gasteiger partial charge in [0.15, 0.2) is 11.6 Å². The molecule has 0 unspecified atom stereocenters. The third-order valence-corrected chi connectivity index (χ3v) is 4.40. The molecule has 0 saturated heterocycles. The van der Waals surface area contributed by atoms with Crippen LogP contribution in [0, 0.1) is 11.6 Å². The summed E-state index contributed by atoms with van der Waals surface area (Å²) in [5.41, 5.74) is -0.300. The summed E-state index contributed by atoms with van der Waals surface area (Å²) in [7, 11) is 1.37. The van der Waals surface area contributed by atoms with Crippen LogP contribution in [-0.4, -0.2) is 32.5 Å². The Hall–Kier alpha value is -4.09. The number of ether oxygens (including phenoxy) is 1. The minimum absolute atomic E-state index is 0.0302. The minimum atomic E-state index is -4.79. The van der Waals surface area contributed by atoms with Crippen LogP contribution in [0.3, 0.4) is 0 Å². The molecule has 0 spiro atoms. The van der Waals surface area contributed by atoms with Crippen molar-refractivity contribution in [3.05, 3.63) is 71.8 Å². The number of carbonyl (C=O) groups is 1. The van der Waals surface area contributed by atoms with Crippen LogP contribution in [0.2, 0.25) is 0 Å². The number of methoxy groups -OCH3 is 1. The number of benzene rings is 2. The third kappa shape index (κ3) is 3.94. The average molecular weight is 449 g/mol. The van der Waals surface area contributed by atoms with Crippen molar-refractivity contribution in [3.8, 4) is 11.6 Å². The molecule has 2 aromatic carbocycles. The van der Waals surface area contributed by atoms with E-state index >= 15 is 0 Å². The normalized spacial score (nSPS) is 11.6. The van der Waals surface area contributed by atoms with Gasteiger partial charge in [-0.3, -0.25) is 9.36 Å². The van der Waals surface area contributed by atoms with E-state index in [4.69, 9.17) is 4.74 Å². The summed E-state index contributed by atoms with van der Waals surface area (Å²) in [4.78, 5) is 23.6. The summed E-state index contributed by atoms with van der Waals surface area (Å²) in [5, 5.41) is 2.25. The van der Waals surface area contributed by atoms with Gasteiger partial charge in [-0.1, -0.05) is 0 Å². The molecule has 2 aromatic heterocycles. The second-order valence-corrected chi connectivity index (χ2v) is 6.46. The maximum atomic E-state index is 13.7. The van der Waals surface area contributed by atoms with Gasteiger partial charge < -0.3 is 10.1 Å². The highest BCUT2D eigenvalue weighted by Crippen LogP contribution is 2.34. The van der Waals surface area contributed by atoms with Gasteiger partial charge >= 0.3 is 6.18 Å². The number of carbonyl (C=O) groups excluding carboxylic acids is 1. The maximum absolute atomic E-state index is 13.7. The van der Waals surface area contributed by atoms with Crippen LogP contribution in [0.25, 0.3) is 16.9 Å². The van der Waals surface area contributed by atoms with Crippen molar-refractivity contribution in [2.75, 3.05) is 12.4 Å². The first-order chi connectivity index (χ1) is 15.2. The van der Waals surface area contributed by atoms with E-state index in [0.29, 0.717) is 11.8 Å². The predicted octanol–water partition coefficient (Wildman–Crippen LogP) is 4.37. The molecular formula is C20H12F5N5O2. The SMILES string of the molecule is COc1ccc2c(c1)nc(C(F)(F)F)n2-c1cnc(NC(=O)c2ccc(F)cc2F)cn1. The summed E-state index contributed by atoms with van der Waals surface area (Å²) in [6, 6.07) is 6.61. The average Bonchev–Trinajstić information content (AvgIpc) is 3.13. The van der Waals surface area contributed by atoms with Crippen molar-refractivity contribution in [2.45, 2.75) is 6.18 Å². The summed E-state index contributed by atoms with van der Waals surface area (Å²) in [6.07, 6.45) is -2.79. The number of nitrogens with zero attached hydrogens (tertiary/aromatic N) is 4. The lowest BCUT2D eigenvalue weighted by Gasteiger charge is -2.11. The van der Waals surface area contributed by atoms with Gasteiger partial charge in [0.2, 0.25) is 5.82 Å². The number of hydrogen-bond acceptors (Lipinski definition) is 5. The van der Waals surface area contributed by atoms with E-state index in [1.807, 2.05) is 0 Å². The first-order valence-electron chi connectivity index (χ1n) is 8.90. The smallest absolute Gasteiger partial charge is 0.450 e. The molecule has 4 rings (SSSR count). The van der Waals surface area contributed by atoms with Crippen LogP contribution < -0.4 is 10.1 Å². The van der Waals surface area contributed by atoms with Crippen molar-refractivity contribution in [3.63, 3.8) is 0 Å². The molecule has 0 aliphatic carbocycles. The van der Waals surface area contributed by atoms with E-state index < -0.39 is 35.1 Å². The number of aromatic nitrogens is 4. The fourth-order valence-electron chi connectivity index (χ4n) is 2.97. The zero-order chi connectivity index (χ0) is 23.0. The van der Waals surface area contributed by atoms with Crippen molar-refractivity contribution in [2.24, 2.45) is 0 Å². The Kier molecular flexibility index (Phi) is 5.20. The van der Waals surface area contributed by atoms with Gasteiger partial charge in [-0.15, -0.1) is 0 Å². The van der Waals surface area contributed by atoms with Crippen molar-refractivity contribution < 1.29 is 31.5 Å². The van der Waals surface area contributed by atoms with Gasteiger partial charge in [-0.2, -0.15) is 13.2 Å². The number of imidazole rings is 1. The summed E-state index contributed by atoms with van der Waals surface area (Å²) < 4.78 is 73.3. The molecule has 0 fully saturated rings. The van der Waals surface area contributed by atoms with E-state index in [9.17, 15) is 26.7 Å². The highest BCUT2D eigenvalue weighted by atomic mass is 19.4. The molecule has 0 aliphatic rings. The molecule has 32 heavy (non-hydrogen) atoms. The van der Waals surface area contributed by atoms with Gasteiger partial charge in [0, 0.05) is 12.1 Å². The Morgan fingerprint density at radius 2 is 1.84 bits per heavy atom. The van der Waals surface area contributed by atoms with E-state index in [2.05, 4.69) is 20.3 Å². The lowest BCUT2D eigenvalue weighted by Crippen LogP contribution is -2.17. The van der Waals surface area contributed by atoms with Gasteiger partial charge in [-0.05, 0) is 24.3 Å². The Balaban J connectivity index is 1.69. The lowest BCUT2D eigenvalue weighted by molar-refractivity contribution is -0.145. The fourth-order valence-corrected chi connectivity index (χ4v) is 2.97. The molecule has 12 heteroatoms. The molecule has 0 atom stereocenters. The topological polar surface area (TPSA) is 81.9 Å². The van der Waals surface area contributed by atoms with Gasteiger partial charge in [-0.25, -0.2) is 23.7 Å². The monoisotopic (exact) mass is 449 g/mol. The third-order valence-electron chi connectivity index (χ3n) is 4.40. The quantitative estimate of drug-likeness (QED) is 0.468. The van der Waals surface area contributed by atoms with Gasteiger partial charge in [0.1, 0.15) is 17.4 Å². The van der Waals surface area contributed by atoms with Crippen molar-refractivity contribution in [1.29, 1.82) is 0 Å². The number of alkyl halides is 3. The minimum Gasteiger partial charge on any atom is -0.497 e. The Morgan fingerprint density at radius 3 is 2.47 bits per heavy atom. The number of hydrogen-bond donors (Lipinski definition) is 1. The van der Waals surface area contributed by atoms with Gasteiger partial charge in [0.25, 0.3) is 5.91 Å². The van der Waals surface area contributed by atoms with Crippen molar-refractivity contribution >= 4 is 22.8 Å². The molecule has 1 amide bonds. The first kappa shape index (κ1) is 21.2. The Labute approximate surface area is 176 Å². The highest BCUT2D eigenvalue weighted by Gasteiger charge is 2.38. The number of fused-ring (bicyclic) bond motifs is 1. The Bertz CT molecular complexity index is 1320. The highest BCUT2D eigenvalue weighted by molar-refractivity contribution is 6.03. The van der Waals surface area contributed by atoms with Crippen molar-refractivity contribution in [1.82, 2.24) is 19.5 Å². The molecular weight excluding hydrogens is 437 g/mol. The molecule has 7 nitrogen and oxygen atoms in total. The molecule has 4 aromatic rings. The molecule has 0 saturated carbocycles. The number of nitrogens with one attached hydrogen (secondary N) is 1. The second-order valence-electron chi connectivity index (χ2n) is 6.46. The fraction of sp³-hybridized carbons (Fsp3) is 0.100. The Morgan fingerprint density at radius 1 is 1.06 bits per heavy atom. The molecule has 2 heterocycles. The number of anilines is 1. The van der Waals surface area contributed by atoms with Crippen LogP contribution in [0.5, 0.6) is 5.75 Å². The summed E-state index contributed by atoms with van der Waals surface area (Å²) in [5.74, 6) is -4.12. The summed E-state index contributed by atoms with van der Waals surface area (Å²) in [6.45, 7) is 0. The van der Waals surface area contributed by atoms with Crippen LogP contribution >= 0.6 is 0 Å².